The first-order chi connectivity index (χ1) is 20.2. The van der Waals surface area contributed by atoms with Gasteiger partial charge in [0, 0.05) is 25.9 Å². The van der Waals surface area contributed by atoms with Crippen LogP contribution in [-0.2, 0) is 23.9 Å². The van der Waals surface area contributed by atoms with Crippen LogP contribution in [0.2, 0.25) is 0 Å². The number of oxime groups is 2. The number of amides is 2. The third-order valence-corrected chi connectivity index (χ3v) is 7.43. The Morgan fingerprint density at radius 1 is 0.674 bits per heavy atom. The van der Waals surface area contributed by atoms with Gasteiger partial charge in [0.15, 0.2) is 0 Å². The summed E-state index contributed by atoms with van der Waals surface area (Å²) in [5.74, 6) is -0.858. The molecule has 0 bridgehead atoms. The lowest BCUT2D eigenvalue weighted by atomic mass is 9.94. The highest BCUT2D eigenvalue weighted by Gasteiger charge is 2.23. The highest BCUT2D eigenvalue weighted by molar-refractivity contribution is 5.90. The van der Waals surface area contributed by atoms with Crippen molar-refractivity contribution in [2.24, 2.45) is 16.2 Å². The van der Waals surface area contributed by atoms with Crippen molar-refractivity contribution in [3.05, 3.63) is 0 Å². The zero-order chi connectivity index (χ0) is 32.7. The Morgan fingerprint density at radius 2 is 1.12 bits per heavy atom. The van der Waals surface area contributed by atoms with Crippen LogP contribution in [0.25, 0.3) is 0 Å². The van der Waals surface area contributed by atoms with Crippen molar-refractivity contribution in [3.63, 3.8) is 0 Å². The van der Waals surface area contributed by atoms with Gasteiger partial charge in [0.2, 0.25) is 11.8 Å². The van der Waals surface area contributed by atoms with Crippen molar-refractivity contribution in [3.8, 4) is 0 Å². The van der Waals surface area contributed by atoms with Crippen LogP contribution in [0.1, 0.15) is 86.5 Å². The number of aliphatic carboxylic acids is 1. The highest BCUT2D eigenvalue weighted by atomic mass is 16.5. The van der Waals surface area contributed by atoms with Crippen molar-refractivity contribution in [1.82, 2.24) is 21.3 Å². The van der Waals surface area contributed by atoms with E-state index in [-0.39, 0.29) is 37.7 Å². The molecule has 0 aromatic rings. The lowest BCUT2D eigenvalue weighted by molar-refractivity contribution is -0.138. The van der Waals surface area contributed by atoms with Gasteiger partial charge in [0.1, 0.15) is 0 Å². The smallest absolute Gasteiger partial charge is 0.305 e. The average molecular weight is 617 g/mol. The third-order valence-electron chi connectivity index (χ3n) is 7.43. The standard InChI is InChI=1S/C29H56N6O8/c1-22(34-40)28(3,4)32-15-11-24(12-16-33-29(5,6)23(2)35-41)10-14-30-25(36)8-7-9-26(37)31-17-19-43-21-20-42-18-13-27(38)39/h24,32-33,40-41H,7-21H2,1-6H3,(H,30,36)(H,31,37)(H,38,39)/b34-22-,35-23-. The fourth-order valence-corrected chi connectivity index (χ4v) is 3.86. The summed E-state index contributed by atoms with van der Waals surface area (Å²) in [4.78, 5) is 34.7. The fourth-order valence-electron chi connectivity index (χ4n) is 3.86. The van der Waals surface area contributed by atoms with Crippen LogP contribution in [0, 0.1) is 5.92 Å². The third kappa shape index (κ3) is 20.7. The van der Waals surface area contributed by atoms with Crippen molar-refractivity contribution in [2.75, 3.05) is 52.6 Å². The van der Waals surface area contributed by atoms with E-state index in [4.69, 9.17) is 25.0 Å². The molecule has 43 heavy (non-hydrogen) atoms. The molecular weight excluding hydrogens is 560 g/mol. The van der Waals surface area contributed by atoms with Gasteiger partial charge in [0.25, 0.3) is 0 Å². The molecule has 0 saturated carbocycles. The molecule has 0 atom stereocenters. The minimum absolute atomic E-state index is 0.0485. The van der Waals surface area contributed by atoms with E-state index in [1.54, 1.807) is 13.8 Å². The molecule has 0 aliphatic rings. The number of hydrogen-bond donors (Lipinski definition) is 7. The first-order valence-electron chi connectivity index (χ1n) is 15.0. The minimum atomic E-state index is -0.911. The number of nitrogens with zero attached hydrogens (tertiary/aromatic N) is 2. The van der Waals surface area contributed by atoms with Crippen molar-refractivity contribution >= 4 is 29.2 Å². The molecule has 14 nitrogen and oxygen atoms in total. The Balaban J connectivity index is 4.37. The number of carbonyl (C=O) groups excluding carboxylic acids is 2. The normalized spacial score (nSPS) is 13.5. The van der Waals surface area contributed by atoms with Gasteiger partial charge < -0.3 is 46.3 Å². The summed E-state index contributed by atoms with van der Waals surface area (Å²) in [6.07, 6.45) is 3.38. The van der Waals surface area contributed by atoms with Crippen molar-refractivity contribution < 1.29 is 39.4 Å². The zero-order valence-corrected chi connectivity index (χ0v) is 27.0. The van der Waals surface area contributed by atoms with Gasteiger partial charge in [0.05, 0.1) is 55.3 Å². The maximum Gasteiger partial charge on any atom is 0.305 e. The van der Waals surface area contributed by atoms with Gasteiger partial charge in [-0.2, -0.15) is 0 Å². The Hall–Kier alpha value is -2.81. The number of ether oxygens (including phenoxy) is 2. The summed E-state index contributed by atoms with van der Waals surface area (Å²) in [6, 6.07) is 0. The van der Waals surface area contributed by atoms with Crippen LogP contribution in [0.3, 0.4) is 0 Å². The zero-order valence-electron chi connectivity index (χ0n) is 27.0. The van der Waals surface area contributed by atoms with E-state index in [1.165, 1.54) is 0 Å². The number of carbonyl (C=O) groups is 3. The van der Waals surface area contributed by atoms with E-state index in [1.807, 2.05) is 27.7 Å². The summed E-state index contributed by atoms with van der Waals surface area (Å²) in [5, 5.41) is 46.0. The molecule has 0 heterocycles. The predicted octanol–water partition coefficient (Wildman–Crippen LogP) is 2.12. The average Bonchev–Trinajstić information content (AvgIpc) is 2.94. The molecule has 0 aliphatic carbocycles. The van der Waals surface area contributed by atoms with Gasteiger partial charge >= 0.3 is 5.97 Å². The summed E-state index contributed by atoms with van der Waals surface area (Å²) >= 11 is 0. The molecular formula is C29H56N6O8. The largest absolute Gasteiger partial charge is 0.481 e. The second kappa shape index (κ2) is 22.7. The van der Waals surface area contributed by atoms with Crippen LogP contribution in [0.5, 0.6) is 0 Å². The van der Waals surface area contributed by atoms with Crippen LogP contribution >= 0.6 is 0 Å². The van der Waals surface area contributed by atoms with E-state index in [2.05, 4.69) is 31.6 Å². The molecule has 0 radical (unpaired) electrons. The summed E-state index contributed by atoms with van der Waals surface area (Å²) < 4.78 is 10.4. The Kier molecular flexibility index (Phi) is 21.2. The molecule has 0 fully saturated rings. The molecule has 0 aliphatic heterocycles. The maximum absolute atomic E-state index is 12.4. The van der Waals surface area contributed by atoms with Crippen molar-refractivity contribution in [2.45, 2.75) is 97.6 Å². The highest BCUT2D eigenvalue weighted by Crippen LogP contribution is 2.15. The van der Waals surface area contributed by atoms with Gasteiger partial charge in [-0.3, -0.25) is 14.4 Å². The van der Waals surface area contributed by atoms with E-state index in [0.29, 0.717) is 69.8 Å². The van der Waals surface area contributed by atoms with Gasteiger partial charge in [-0.05, 0) is 86.2 Å². The Bertz CT molecular complexity index is 843. The van der Waals surface area contributed by atoms with Crippen molar-refractivity contribution in [1.29, 1.82) is 0 Å². The molecule has 250 valence electrons. The predicted molar refractivity (Wildman–Crippen MR) is 165 cm³/mol. The van der Waals surface area contributed by atoms with Crippen LogP contribution < -0.4 is 21.3 Å². The molecule has 14 heteroatoms. The number of rotatable bonds is 26. The van der Waals surface area contributed by atoms with Gasteiger partial charge in [-0.15, -0.1) is 0 Å². The van der Waals surface area contributed by atoms with Crippen LogP contribution in [0.15, 0.2) is 10.3 Å². The monoisotopic (exact) mass is 616 g/mol. The second-order valence-electron chi connectivity index (χ2n) is 11.6. The molecule has 0 spiro atoms. The number of carboxylic acid groups (broad SMARTS) is 1. The van der Waals surface area contributed by atoms with E-state index < -0.39 is 17.0 Å². The second-order valence-corrected chi connectivity index (χ2v) is 11.6. The fraction of sp³-hybridized carbons (Fsp3) is 0.828. The molecule has 0 aromatic heterocycles. The molecule has 7 N–H and O–H groups in total. The first kappa shape index (κ1) is 40.2. The Labute approximate surface area is 256 Å². The lowest BCUT2D eigenvalue weighted by Crippen LogP contribution is -2.47. The topological polar surface area (TPSA) is 203 Å². The van der Waals surface area contributed by atoms with E-state index >= 15 is 0 Å². The molecule has 0 aromatic carbocycles. The Morgan fingerprint density at radius 3 is 1.58 bits per heavy atom. The first-order valence-corrected chi connectivity index (χ1v) is 15.0. The summed E-state index contributed by atoms with van der Waals surface area (Å²) in [5.41, 5.74) is 0.303. The number of nitrogens with one attached hydrogen (secondary N) is 4. The SMILES string of the molecule is C/C(=N/O)C(C)(C)NCCC(CCNC(=O)CCCC(=O)NCCOCCOCCC(=O)O)CCNC(C)(C)/C(C)=N\O. The van der Waals surface area contributed by atoms with Gasteiger partial charge in [-0.1, -0.05) is 10.3 Å². The minimum Gasteiger partial charge on any atom is -0.481 e. The lowest BCUT2D eigenvalue weighted by Gasteiger charge is -2.28. The number of hydrogen-bond acceptors (Lipinski definition) is 11. The molecule has 0 unspecified atom stereocenters. The summed E-state index contributed by atoms with van der Waals surface area (Å²) in [7, 11) is 0. The maximum atomic E-state index is 12.4. The molecule has 0 saturated heterocycles. The van der Waals surface area contributed by atoms with E-state index in [0.717, 1.165) is 19.3 Å². The quantitative estimate of drug-likeness (QED) is 0.0326. The summed E-state index contributed by atoms with van der Waals surface area (Å²) in [6.45, 7) is 14.7. The van der Waals surface area contributed by atoms with Gasteiger partial charge in [-0.25, -0.2) is 0 Å². The molecule has 0 rings (SSSR count). The number of carboxylic acids is 1. The molecule has 2 amide bonds. The van der Waals surface area contributed by atoms with Crippen LogP contribution in [0.4, 0.5) is 0 Å². The van der Waals surface area contributed by atoms with E-state index in [9.17, 15) is 14.4 Å². The van der Waals surface area contributed by atoms with Crippen LogP contribution in [-0.4, -0.2) is 108 Å².